The van der Waals surface area contributed by atoms with Crippen LogP contribution in [0.3, 0.4) is 0 Å². The Morgan fingerprint density at radius 3 is 2.69 bits per heavy atom. The fourth-order valence-corrected chi connectivity index (χ4v) is 5.47. The molecule has 0 spiro atoms. The lowest BCUT2D eigenvalue weighted by molar-refractivity contribution is -0.138. The van der Waals surface area contributed by atoms with Crippen LogP contribution in [-0.4, -0.2) is 108 Å². The Hall–Kier alpha value is -2.91. The van der Waals surface area contributed by atoms with E-state index in [9.17, 15) is 20.1 Å². The number of ether oxygens (including phenoxy) is 1. The number of carboxylic acid groups (broad SMARTS) is 1. The Morgan fingerprint density at radius 2 is 1.95 bits per heavy atom. The molecule has 0 unspecified atom stereocenters. The van der Waals surface area contributed by atoms with Crippen molar-refractivity contribution < 1.29 is 24.9 Å². The molecule has 1 aromatic carbocycles. The first-order valence-corrected chi connectivity index (χ1v) is 13.2. The van der Waals surface area contributed by atoms with Crippen molar-refractivity contribution in [2.75, 3.05) is 38.5 Å². The van der Waals surface area contributed by atoms with Gasteiger partial charge in [0.1, 0.15) is 36.2 Å². The minimum absolute atomic E-state index is 0.202. The summed E-state index contributed by atoms with van der Waals surface area (Å²) >= 11 is 6.30. The molecule has 0 radical (unpaired) electrons. The van der Waals surface area contributed by atoms with Crippen molar-refractivity contribution in [3.05, 3.63) is 47.5 Å². The summed E-state index contributed by atoms with van der Waals surface area (Å²) < 4.78 is 7.65. The van der Waals surface area contributed by atoms with Gasteiger partial charge in [-0.1, -0.05) is 29.8 Å². The Bertz CT molecular complexity index is 1300. The number of hydrogen-bond acceptors (Lipinski definition) is 11. The van der Waals surface area contributed by atoms with Gasteiger partial charge >= 0.3 is 5.97 Å². The average molecular weight is 561 g/mol. The summed E-state index contributed by atoms with van der Waals surface area (Å²) in [5.41, 5.74) is 13.5. The number of carbonyl (C=O) groups is 1. The fourth-order valence-electron chi connectivity index (χ4n) is 5.28. The van der Waals surface area contributed by atoms with Gasteiger partial charge in [-0.2, -0.15) is 0 Å². The molecule has 0 bridgehead atoms. The molecule has 5 rings (SSSR count). The van der Waals surface area contributed by atoms with E-state index in [4.69, 9.17) is 27.8 Å². The molecule has 0 saturated carbocycles. The lowest BCUT2D eigenvalue weighted by Gasteiger charge is -2.42. The highest BCUT2D eigenvalue weighted by Crippen LogP contribution is 2.33. The molecule has 210 valence electrons. The second kappa shape index (κ2) is 11.7. The van der Waals surface area contributed by atoms with Crippen molar-refractivity contribution in [2.24, 2.45) is 11.7 Å². The Kier molecular flexibility index (Phi) is 8.28. The van der Waals surface area contributed by atoms with Gasteiger partial charge in [0.2, 0.25) is 0 Å². The molecule has 7 N–H and O–H groups in total. The molecule has 2 fully saturated rings. The van der Waals surface area contributed by atoms with Crippen molar-refractivity contribution in [2.45, 2.75) is 43.5 Å². The number of aliphatic hydroxyl groups excluding tert-OH is 2. The maximum absolute atomic E-state index is 11.3. The smallest absolute Gasteiger partial charge is 0.320 e. The molecule has 13 nitrogen and oxygen atoms in total. The average Bonchev–Trinajstić information content (AvgIpc) is 3.44. The molecule has 14 heteroatoms. The normalized spacial score (nSPS) is 24.8. The number of nitrogens with zero attached hydrogens (tertiary/aromatic N) is 6. The molecule has 2 aliphatic heterocycles. The minimum Gasteiger partial charge on any atom is -0.480 e. The van der Waals surface area contributed by atoms with E-state index in [1.165, 1.54) is 17.2 Å². The SMILES string of the molecule is Nc1ncnc2c1ncn2[C@@H]1O[C@H](CN(CC[C@H](N)C(=O)O)CC2CN(Cc3ccccc3Cl)C2)[C@@H](O)[C@H]1O. The molecule has 2 aliphatic rings. The van der Waals surface area contributed by atoms with Gasteiger partial charge in [-0.15, -0.1) is 0 Å². The van der Waals surface area contributed by atoms with E-state index in [0.717, 1.165) is 30.2 Å². The number of hydrogen-bond donors (Lipinski definition) is 5. The zero-order valence-electron chi connectivity index (χ0n) is 21.3. The van der Waals surface area contributed by atoms with Crippen molar-refractivity contribution in [1.29, 1.82) is 0 Å². The van der Waals surface area contributed by atoms with Crippen LogP contribution in [0.1, 0.15) is 18.2 Å². The molecular weight excluding hydrogens is 528 g/mol. The van der Waals surface area contributed by atoms with Crippen LogP contribution < -0.4 is 11.5 Å². The number of aliphatic hydroxyl groups is 2. The Balaban J connectivity index is 1.23. The molecule has 4 heterocycles. The van der Waals surface area contributed by atoms with E-state index < -0.39 is 36.6 Å². The standard InChI is InChI=1S/C25H33ClN8O5/c26-16-4-2-1-3-15(16)10-33-8-14(9-33)7-32(6-5-17(27)25(37)38)11-18-20(35)21(36)24(39-18)34-13-31-19-22(28)29-12-30-23(19)34/h1-4,12-14,17-18,20-21,24,35-36H,5-11,27H2,(H,37,38)(H2,28,29,30)/t17-,18+,20+,21+,24+/m0/s1. The van der Waals surface area contributed by atoms with Gasteiger partial charge in [0.25, 0.3) is 0 Å². The van der Waals surface area contributed by atoms with Gasteiger partial charge in [0, 0.05) is 44.3 Å². The molecule has 2 saturated heterocycles. The quantitative estimate of drug-likeness (QED) is 0.210. The van der Waals surface area contributed by atoms with Crippen molar-refractivity contribution in [1.82, 2.24) is 29.3 Å². The summed E-state index contributed by atoms with van der Waals surface area (Å²) in [7, 11) is 0. The number of aliphatic carboxylic acids is 1. The van der Waals surface area contributed by atoms with Crippen LogP contribution in [0.4, 0.5) is 5.82 Å². The summed E-state index contributed by atoms with van der Waals surface area (Å²) in [6.07, 6.45) is -1.09. The highest BCUT2D eigenvalue weighted by Gasteiger charge is 2.45. The molecule has 5 atom stereocenters. The van der Waals surface area contributed by atoms with Gasteiger partial charge in [-0.3, -0.25) is 14.3 Å². The maximum atomic E-state index is 11.3. The number of likely N-dealkylation sites (tertiary alicyclic amines) is 1. The summed E-state index contributed by atoms with van der Waals surface area (Å²) in [4.78, 5) is 28.0. The van der Waals surface area contributed by atoms with Gasteiger partial charge in [0.05, 0.1) is 6.33 Å². The second-order valence-electron chi connectivity index (χ2n) is 10.3. The molecular formula is C25H33ClN8O5. The van der Waals surface area contributed by atoms with Crippen LogP contribution in [-0.2, 0) is 16.1 Å². The Morgan fingerprint density at radius 1 is 1.18 bits per heavy atom. The fraction of sp³-hybridized carbons (Fsp3) is 0.520. The van der Waals surface area contributed by atoms with Crippen LogP contribution in [0, 0.1) is 5.92 Å². The van der Waals surface area contributed by atoms with Crippen molar-refractivity contribution >= 4 is 34.6 Å². The third-order valence-electron chi connectivity index (χ3n) is 7.41. The lowest BCUT2D eigenvalue weighted by Crippen LogP contribution is -2.52. The highest BCUT2D eigenvalue weighted by molar-refractivity contribution is 6.31. The first-order valence-electron chi connectivity index (χ1n) is 12.8. The predicted octanol–water partition coefficient (Wildman–Crippen LogP) is -0.0829. The number of fused-ring (bicyclic) bond motifs is 1. The number of benzene rings is 1. The van der Waals surface area contributed by atoms with Crippen LogP contribution in [0.15, 0.2) is 36.9 Å². The lowest BCUT2D eigenvalue weighted by atomic mass is 9.97. The van der Waals surface area contributed by atoms with Crippen LogP contribution in [0.5, 0.6) is 0 Å². The van der Waals surface area contributed by atoms with Gasteiger partial charge in [-0.05, 0) is 24.0 Å². The maximum Gasteiger partial charge on any atom is 0.320 e. The number of carboxylic acids is 1. The van der Waals surface area contributed by atoms with Gasteiger partial charge in [0.15, 0.2) is 17.7 Å². The number of nitrogen functional groups attached to an aromatic ring is 1. The third-order valence-corrected chi connectivity index (χ3v) is 7.78. The molecule has 3 aromatic rings. The summed E-state index contributed by atoms with van der Waals surface area (Å²) in [5, 5.41) is 31.7. The largest absolute Gasteiger partial charge is 0.480 e. The number of nitrogens with two attached hydrogens (primary N) is 2. The zero-order chi connectivity index (χ0) is 27.7. The van der Waals surface area contributed by atoms with Crippen molar-refractivity contribution in [3.63, 3.8) is 0 Å². The number of aromatic nitrogens is 4. The van der Waals surface area contributed by atoms with E-state index in [-0.39, 0.29) is 18.8 Å². The van der Waals surface area contributed by atoms with E-state index in [2.05, 4.69) is 24.8 Å². The minimum atomic E-state index is -1.23. The number of halogens is 1. The third kappa shape index (κ3) is 5.99. The number of rotatable bonds is 11. The molecule has 2 aromatic heterocycles. The predicted molar refractivity (Wildman–Crippen MR) is 143 cm³/mol. The van der Waals surface area contributed by atoms with Crippen LogP contribution in [0.25, 0.3) is 11.2 Å². The second-order valence-corrected chi connectivity index (χ2v) is 10.7. The number of imidazole rings is 1. The van der Waals surface area contributed by atoms with E-state index in [1.54, 1.807) is 0 Å². The van der Waals surface area contributed by atoms with Gasteiger partial charge in [-0.25, -0.2) is 15.0 Å². The summed E-state index contributed by atoms with van der Waals surface area (Å²) in [5.74, 6) is -0.524. The Labute approximate surface area is 230 Å². The number of anilines is 1. The summed E-state index contributed by atoms with van der Waals surface area (Å²) in [6, 6.07) is 6.77. The van der Waals surface area contributed by atoms with E-state index in [0.29, 0.717) is 30.2 Å². The first kappa shape index (κ1) is 27.6. The zero-order valence-corrected chi connectivity index (χ0v) is 22.0. The van der Waals surface area contributed by atoms with E-state index in [1.807, 2.05) is 24.3 Å². The highest BCUT2D eigenvalue weighted by atomic mass is 35.5. The monoisotopic (exact) mass is 560 g/mol. The molecule has 0 aliphatic carbocycles. The molecule has 39 heavy (non-hydrogen) atoms. The first-order chi connectivity index (χ1) is 18.7. The van der Waals surface area contributed by atoms with Crippen molar-refractivity contribution in [3.8, 4) is 0 Å². The molecule has 0 amide bonds. The van der Waals surface area contributed by atoms with Crippen LogP contribution in [0.2, 0.25) is 5.02 Å². The van der Waals surface area contributed by atoms with Crippen LogP contribution >= 0.6 is 11.6 Å². The van der Waals surface area contributed by atoms with E-state index >= 15 is 0 Å². The summed E-state index contributed by atoms with van der Waals surface area (Å²) in [6.45, 7) is 3.82. The topological polar surface area (TPSA) is 189 Å². The van der Waals surface area contributed by atoms with Gasteiger partial charge < -0.3 is 36.4 Å².